The lowest BCUT2D eigenvalue weighted by molar-refractivity contribution is 0.313. The molecule has 3 aromatic rings. The summed E-state index contributed by atoms with van der Waals surface area (Å²) < 4.78 is 41.1. The van der Waals surface area contributed by atoms with Gasteiger partial charge in [0.25, 0.3) is 0 Å². The standard InChI is InChI=1S/C21H23FN2O2S/c1-14-5-7-19-17(10-14)12-20(23-19)16-4-3-9-24(13-16)27(25,26)21-8-6-18(22)11-15(21)2/h5-8,10-12,16,23H,3-4,9,13H2,1-2H3. The van der Waals surface area contributed by atoms with Crippen LogP contribution in [0, 0.1) is 19.7 Å². The van der Waals surface area contributed by atoms with Gasteiger partial charge in [0.05, 0.1) is 4.90 Å². The van der Waals surface area contributed by atoms with Gasteiger partial charge in [0.15, 0.2) is 0 Å². The summed E-state index contributed by atoms with van der Waals surface area (Å²) in [5.41, 5.74) is 3.79. The van der Waals surface area contributed by atoms with Gasteiger partial charge in [-0.25, -0.2) is 12.8 Å². The Morgan fingerprint density at radius 2 is 1.93 bits per heavy atom. The summed E-state index contributed by atoms with van der Waals surface area (Å²) in [5.74, 6) is -0.293. The Hall–Kier alpha value is -2.18. The fourth-order valence-electron chi connectivity index (χ4n) is 3.95. The zero-order valence-electron chi connectivity index (χ0n) is 15.5. The summed E-state index contributed by atoms with van der Waals surface area (Å²) >= 11 is 0. The lowest BCUT2D eigenvalue weighted by Gasteiger charge is -2.32. The van der Waals surface area contributed by atoms with Crippen molar-refractivity contribution in [2.45, 2.75) is 37.5 Å². The largest absolute Gasteiger partial charge is 0.358 e. The molecular formula is C21H23FN2O2S. The van der Waals surface area contributed by atoms with Gasteiger partial charge in [-0.05, 0) is 74.0 Å². The van der Waals surface area contributed by atoms with Crippen LogP contribution in [-0.4, -0.2) is 30.8 Å². The maximum Gasteiger partial charge on any atom is 0.243 e. The van der Waals surface area contributed by atoms with Crippen LogP contribution in [-0.2, 0) is 10.0 Å². The van der Waals surface area contributed by atoms with Crippen LogP contribution < -0.4 is 0 Å². The molecule has 0 saturated carbocycles. The predicted molar refractivity (Wildman–Crippen MR) is 105 cm³/mol. The lowest BCUT2D eigenvalue weighted by Crippen LogP contribution is -2.39. The van der Waals surface area contributed by atoms with Gasteiger partial charge in [-0.3, -0.25) is 0 Å². The van der Waals surface area contributed by atoms with Gasteiger partial charge in [0, 0.05) is 30.2 Å². The van der Waals surface area contributed by atoms with Crippen molar-refractivity contribution in [2.24, 2.45) is 0 Å². The quantitative estimate of drug-likeness (QED) is 0.721. The first-order chi connectivity index (χ1) is 12.8. The molecule has 142 valence electrons. The van der Waals surface area contributed by atoms with Gasteiger partial charge < -0.3 is 4.98 Å². The molecule has 0 amide bonds. The molecule has 2 heterocycles. The van der Waals surface area contributed by atoms with Crippen LogP contribution in [0.5, 0.6) is 0 Å². The van der Waals surface area contributed by atoms with Gasteiger partial charge in [0.2, 0.25) is 10.0 Å². The van der Waals surface area contributed by atoms with E-state index in [0.29, 0.717) is 18.7 Å². The molecule has 0 aliphatic carbocycles. The Balaban J connectivity index is 1.63. The third-order valence-corrected chi connectivity index (χ3v) is 7.40. The van der Waals surface area contributed by atoms with E-state index in [1.54, 1.807) is 6.92 Å². The Morgan fingerprint density at radius 1 is 1.11 bits per heavy atom. The highest BCUT2D eigenvalue weighted by molar-refractivity contribution is 7.89. The molecule has 4 rings (SSSR count). The first kappa shape index (κ1) is 18.2. The maximum atomic E-state index is 13.4. The van der Waals surface area contributed by atoms with Crippen molar-refractivity contribution in [3.05, 3.63) is 65.1 Å². The van der Waals surface area contributed by atoms with Gasteiger partial charge >= 0.3 is 0 Å². The number of H-pyrrole nitrogens is 1. The molecule has 27 heavy (non-hydrogen) atoms. The van der Waals surface area contributed by atoms with Crippen LogP contribution in [0.2, 0.25) is 0 Å². The van der Waals surface area contributed by atoms with Gasteiger partial charge in [-0.1, -0.05) is 11.6 Å². The number of aryl methyl sites for hydroxylation is 2. The average molecular weight is 386 g/mol. The molecule has 1 saturated heterocycles. The van der Waals surface area contributed by atoms with Gasteiger partial charge in [-0.2, -0.15) is 4.31 Å². The monoisotopic (exact) mass is 386 g/mol. The summed E-state index contributed by atoms with van der Waals surface area (Å²) in [6, 6.07) is 12.2. The van der Waals surface area contributed by atoms with Crippen molar-refractivity contribution in [1.82, 2.24) is 9.29 Å². The minimum absolute atomic E-state index is 0.127. The summed E-state index contributed by atoms with van der Waals surface area (Å²) in [5, 5.41) is 1.15. The van der Waals surface area contributed by atoms with Crippen molar-refractivity contribution in [3.63, 3.8) is 0 Å². The van der Waals surface area contributed by atoms with E-state index in [0.717, 1.165) is 29.4 Å². The highest BCUT2D eigenvalue weighted by Crippen LogP contribution is 2.32. The fourth-order valence-corrected chi connectivity index (χ4v) is 5.68. The van der Waals surface area contributed by atoms with Crippen LogP contribution in [0.25, 0.3) is 10.9 Å². The Morgan fingerprint density at radius 3 is 2.70 bits per heavy atom. The van der Waals surface area contributed by atoms with E-state index in [2.05, 4.69) is 36.2 Å². The van der Waals surface area contributed by atoms with Crippen molar-refractivity contribution in [2.75, 3.05) is 13.1 Å². The molecule has 1 aliphatic heterocycles. The predicted octanol–water partition coefficient (Wildman–Crippen LogP) is 4.49. The van der Waals surface area contributed by atoms with Crippen LogP contribution >= 0.6 is 0 Å². The minimum atomic E-state index is -3.63. The smallest absolute Gasteiger partial charge is 0.243 e. The van der Waals surface area contributed by atoms with Crippen molar-refractivity contribution < 1.29 is 12.8 Å². The number of halogens is 1. The number of sulfonamides is 1. The normalized spacial score (nSPS) is 18.9. The van der Waals surface area contributed by atoms with E-state index >= 15 is 0 Å². The molecular weight excluding hydrogens is 363 g/mol. The molecule has 1 aromatic heterocycles. The van der Waals surface area contributed by atoms with Crippen LogP contribution in [0.3, 0.4) is 0 Å². The Labute approximate surface area is 159 Å². The van der Waals surface area contributed by atoms with Crippen LogP contribution in [0.4, 0.5) is 4.39 Å². The second-order valence-electron chi connectivity index (χ2n) is 7.43. The summed E-state index contributed by atoms with van der Waals surface area (Å²) in [6.45, 7) is 4.63. The lowest BCUT2D eigenvalue weighted by atomic mass is 9.96. The molecule has 0 bridgehead atoms. The summed E-state index contributed by atoms with van der Waals surface area (Å²) in [7, 11) is -3.63. The van der Waals surface area contributed by atoms with Crippen molar-refractivity contribution in [3.8, 4) is 0 Å². The molecule has 4 nitrogen and oxygen atoms in total. The molecule has 1 unspecified atom stereocenters. The molecule has 0 radical (unpaired) electrons. The number of nitrogens with zero attached hydrogens (tertiary/aromatic N) is 1. The van der Waals surface area contributed by atoms with Crippen molar-refractivity contribution in [1.29, 1.82) is 0 Å². The summed E-state index contributed by atoms with van der Waals surface area (Å²) in [4.78, 5) is 3.64. The molecule has 1 fully saturated rings. The zero-order valence-corrected chi connectivity index (χ0v) is 16.3. The number of hydrogen-bond acceptors (Lipinski definition) is 2. The SMILES string of the molecule is Cc1ccc2[nH]c(C3CCCN(S(=O)(=O)c4ccc(F)cc4C)C3)cc2c1. The second kappa shape index (κ2) is 6.77. The third kappa shape index (κ3) is 3.39. The van der Waals surface area contributed by atoms with Gasteiger partial charge in [-0.15, -0.1) is 0 Å². The fraction of sp³-hybridized carbons (Fsp3) is 0.333. The molecule has 6 heteroatoms. The van der Waals surface area contributed by atoms with Crippen molar-refractivity contribution >= 4 is 20.9 Å². The van der Waals surface area contributed by atoms with Gasteiger partial charge in [0.1, 0.15) is 5.82 Å². The first-order valence-electron chi connectivity index (χ1n) is 9.20. The topological polar surface area (TPSA) is 53.2 Å². The van der Waals surface area contributed by atoms with E-state index < -0.39 is 15.8 Å². The third-order valence-electron chi connectivity index (χ3n) is 5.38. The number of nitrogens with one attached hydrogen (secondary N) is 1. The van der Waals surface area contributed by atoms with E-state index in [-0.39, 0.29) is 10.8 Å². The molecule has 0 spiro atoms. The second-order valence-corrected chi connectivity index (χ2v) is 9.33. The first-order valence-corrected chi connectivity index (χ1v) is 10.6. The van der Waals surface area contributed by atoms with E-state index in [4.69, 9.17) is 0 Å². The molecule has 1 aliphatic rings. The minimum Gasteiger partial charge on any atom is -0.358 e. The van der Waals surface area contributed by atoms with E-state index in [9.17, 15) is 12.8 Å². The number of hydrogen-bond donors (Lipinski definition) is 1. The molecule has 2 aromatic carbocycles. The molecule has 1 N–H and O–H groups in total. The number of piperidine rings is 1. The Kier molecular flexibility index (Phi) is 4.56. The number of aromatic nitrogens is 1. The number of aromatic amines is 1. The average Bonchev–Trinajstić information content (AvgIpc) is 3.04. The summed E-state index contributed by atoms with van der Waals surface area (Å²) in [6.07, 6.45) is 1.75. The van der Waals surface area contributed by atoms with E-state index in [1.807, 2.05) is 0 Å². The maximum absolute atomic E-state index is 13.4. The number of fused-ring (bicyclic) bond motifs is 1. The number of benzene rings is 2. The molecule has 1 atom stereocenters. The van der Waals surface area contributed by atoms with E-state index in [1.165, 1.54) is 28.1 Å². The highest BCUT2D eigenvalue weighted by atomic mass is 32.2. The zero-order chi connectivity index (χ0) is 19.2. The highest BCUT2D eigenvalue weighted by Gasteiger charge is 2.32. The Bertz CT molecular complexity index is 1100. The van der Waals surface area contributed by atoms with Crippen LogP contribution in [0.1, 0.15) is 35.6 Å². The van der Waals surface area contributed by atoms with Crippen LogP contribution in [0.15, 0.2) is 47.4 Å². The number of rotatable bonds is 3.